The highest BCUT2D eigenvalue weighted by atomic mass is 16.2. The molecule has 1 aliphatic carbocycles. The number of Topliss-reactive ketones (excluding diaryl/α,β-unsaturated/α-hetero) is 1. The molecule has 20 heavy (non-hydrogen) atoms. The maximum absolute atomic E-state index is 12.2. The van der Waals surface area contributed by atoms with Crippen LogP contribution in [-0.2, 0) is 12.8 Å². The Bertz CT molecular complexity index is 671. The summed E-state index contributed by atoms with van der Waals surface area (Å²) < 4.78 is 0. The Morgan fingerprint density at radius 3 is 2.65 bits per heavy atom. The highest BCUT2D eigenvalue weighted by molar-refractivity contribution is 6.04. The van der Waals surface area contributed by atoms with Crippen LogP contribution >= 0.6 is 0 Å². The molecular weight excluding hydrogens is 254 g/mol. The lowest BCUT2D eigenvalue weighted by Gasteiger charge is -2.05. The number of hydrogen-bond acceptors (Lipinski definition) is 3. The third-order valence-corrected chi connectivity index (χ3v) is 3.57. The molecule has 1 aromatic heterocycles. The minimum atomic E-state index is -0.208. The molecular formula is C15H15N3O2. The van der Waals surface area contributed by atoms with Crippen LogP contribution in [0.15, 0.2) is 24.3 Å². The van der Waals surface area contributed by atoms with Gasteiger partial charge in [0.15, 0.2) is 11.5 Å². The van der Waals surface area contributed by atoms with Crippen molar-refractivity contribution < 1.29 is 9.59 Å². The predicted molar refractivity (Wildman–Crippen MR) is 75.0 cm³/mol. The Morgan fingerprint density at radius 1 is 1.20 bits per heavy atom. The second-order valence-electron chi connectivity index (χ2n) is 4.97. The number of fused-ring (bicyclic) bond motifs is 1. The lowest BCUT2D eigenvalue weighted by atomic mass is 10.1. The van der Waals surface area contributed by atoms with Gasteiger partial charge in [-0.15, -0.1) is 0 Å². The van der Waals surface area contributed by atoms with Crippen LogP contribution in [0.25, 0.3) is 0 Å². The van der Waals surface area contributed by atoms with E-state index in [9.17, 15) is 9.59 Å². The van der Waals surface area contributed by atoms with Crippen LogP contribution in [0, 0.1) is 0 Å². The Morgan fingerprint density at radius 2 is 1.95 bits per heavy atom. The van der Waals surface area contributed by atoms with E-state index in [0.29, 0.717) is 16.9 Å². The zero-order valence-corrected chi connectivity index (χ0v) is 11.2. The first kappa shape index (κ1) is 12.6. The third kappa shape index (κ3) is 2.22. The van der Waals surface area contributed by atoms with Crippen molar-refractivity contribution in [2.45, 2.75) is 26.2 Å². The molecule has 5 nitrogen and oxygen atoms in total. The minimum absolute atomic E-state index is 0.00741. The Hall–Kier alpha value is -2.43. The highest BCUT2D eigenvalue weighted by Gasteiger charge is 2.22. The molecule has 2 aromatic rings. The van der Waals surface area contributed by atoms with Crippen molar-refractivity contribution in [3.63, 3.8) is 0 Å². The fraction of sp³-hybridized carbons (Fsp3) is 0.267. The minimum Gasteiger partial charge on any atom is -0.321 e. The molecule has 1 aliphatic rings. The average Bonchev–Trinajstić information content (AvgIpc) is 3.01. The smallest absolute Gasteiger partial charge is 0.276 e. The van der Waals surface area contributed by atoms with Crippen molar-refractivity contribution in [3.8, 4) is 0 Å². The van der Waals surface area contributed by atoms with E-state index < -0.39 is 0 Å². The monoisotopic (exact) mass is 269 g/mol. The Balaban J connectivity index is 1.77. The van der Waals surface area contributed by atoms with E-state index in [-0.39, 0.29) is 11.7 Å². The molecule has 0 fully saturated rings. The van der Waals surface area contributed by atoms with Crippen molar-refractivity contribution in [2.24, 2.45) is 0 Å². The summed E-state index contributed by atoms with van der Waals surface area (Å²) in [5, 5.41) is 9.82. The van der Waals surface area contributed by atoms with E-state index in [1.165, 1.54) is 6.92 Å². The molecule has 3 rings (SSSR count). The Labute approximate surface area is 116 Å². The van der Waals surface area contributed by atoms with Crippen LogP contribution < -0.4 is 5.32 Å². The van der Waals surface area contributed by atoms with Gasteiger partial charge in [0.25, 0.3) is 5.91 Å². The van der Waals surface area contributed by atoms with Crippen LogP contribution in [0.3, 0.4) is 0 Å². The molecule has 0 saturated carbocycles. The van der Waals surface area contributed by atoms with Crippen molar-refractivity contribution in [3.05, 3.63) is 46.8 Å². The normalized spacial score (nSPS) is 13.1. The molecule has 0 unspecified atom stereocenters. The maximum atomic E-state index is 12.2. The van der Waals surface area contributed by atoms with Gasteiger partial charge in [0, 0.05) is 22.5 Å². The maximum Gasteiger partial charge on any atom is 0.276 e. The molecule has 0 bridgehead atoms. The van der Waals surface area contributed by atoms with Gasteiger partial charge in [-0.05, 0) is 50.5 Å². The standard InChI is InChI=1S/C15H15N3O2/c1-9(19)10-5-7-11(8-6-10)16-15(20)14-12-3-2-4-13(12)17-18-14/h5-8H,2-4H2,1H3,(H,16,20)(H,17,18). The molecule has 5 heteroatoms. The predicted octanol–water partition coefficient (Wildman–Crippen LogP) is 2.35. The lowest BCUT2D eigenvalue weighted by Crippen LogP contribution is -2.14. The van der Waals surface area contributed by atoms with Gasteiger partial charge in [0.05, 0.1) is 0 Å². The van der Waals surface area contributed by atoms with E-state index in [2.05, 4.69) is 15.5 Å². The van der Waals surface area contributed by atoms with Crippen LogP contribution in [0.4, 0.5) is 5.69 Å². The zero-order valence-electron chi connectivity index (χ0n) is 11.2. The van der Waals surface area contributed by atoms with Gasteiger partial charge in [-0.1, -0.05) is 0 Å². The number of aryl methyl sites for hydroxylation is 1. The fourth-order valence-electron chi connectivity index (χ4n) is 2.49. The number of benzene rings is 1. The van der Waals surface area contributed by atoms with Crippen molar-refractivity contribution in [1.29, 1.82) is 0 Å². The first-order valence-electron chi connectivity index (χ1n) is 6.63. The van der Waals surface area contributed by atoms with Crippen LogP contribution in [0.2, 0.25) is 0 Å². The first-order chi connectivity index (χ1) is 9.65. The van der Waals surface area contributed by atoms with E-state index in [4.69, 9.17) is 0 Å². The van der Waals surface area contributed by atoms with Crippen LogP contribution in [-0.4, -0.2) is 21.9 Å². The van der Waals surface area contributed by atoms with E-state index in [1.807, 2.05) is 0 Å². The van der Waals surface area contributed by atoms with Crippen molar-refractivity contribution >= 4 is 17.4 Å². The topological polar surface area (TPSA) is 74.8 Å². The largest absolute Gasteiger partial charge is 0.321 e. The van der Waals surface area contributed by atoms with E-state index in [0.717, 1.165) is 30.5 Å². The summed E-state index contributed by atoms with van der Waals surface area (Å²) in [5.41, 5.74) is 3.87. The number of hydrogen-bond donors (Lipinski definition) is 2. The van der Waals surface area contributed by atoms with Gasteiger partial charge < -0.3 is 5.32 Å². The van der Waals surface area contributed by atoms with Gasteiger partial charge in [-0.3, -0.25) is 14.7 Å². The number of carbonyl (C=O) groups excluding carboxylic acids is 2. The summed E-state index contributed by atoms with van der Waals surface area (Å²) in [6, 6.07) is 6.85. The number of ketones is 1. The molecule has 0 radical (unpaired) electrons. The summed E-state index contributed by atoms with van der Waals surface area (Å²) >= 11 is 0. The summed E-state index contributed by atoms with van der Waals surface area (Å²) in [5.74, 6) is -0.201. The molecule has 1 heterocycles. The fourth-order valence-corrected chi connectivity index (χ4v) is 2.49. The number of carbonyl (C=O) groups is 2. The number of anilines is 1. The molecule has 1 amide bonds. The quantitative estimate of drug-likeness (QED) is 0.840. The second-order valence-corrected chi connectivity index (χ2v) is 4.97. The number of aromatic amines is 1. The van der Waals surface area contributed by atoms with E-state index in [1.54, 1.807) is 24.3 Å². The van der Waals surface area contributed by atoms with Gasteiger partial charge >= 0.3 is 0 Å². The summed E-state index contributed by atoms with van der Waals surface area (Å²) in [7, 11) is 0. The molecule has 2 N–H and O–H groups in total. The highest BCUT2D eigenvalue weighted by Crippen LogP contribution is 2.23. The lowest BCUT2D eigenvalue weighted by molar-refractivity contribution is 0.101. The van der Waals surface area contributed by atoms with Gasteiger partial charge in [-0.2, -0.15) is 5.10 Å². The Kier molecular flexibility index (Phi) is 3.10. The molecule has 0 spiro atoms. The summed E-state index contributed by atoms with van der Waals surface area (Å²) in [4.78, 5) is 23.4. The molecule has 0 atom stereocenters. The van der Waals surface area contributed by atoms with Crippen LogP contribution in [0.1, 0.15) is 45.4 Å². The molecule has 1 aromatic carbocycles. The number of nitrogens with one attached hydrogen (secondary N) is 2. The summed E-state index contributed by atoms with van der Waals surface area (Å²) in [6.07, 6.45) is 2.93. The number of aromatic nitrogens is 2. The number of amides is 1. The number of H-pyrrole nitrogens is 1. The number of rotatable bonds is 3. The molecule has 0 aliphatic heterocycles. The molecule has 102 valence electrons. The van der Waals surface area contributed by atoms with Gasteiger partial charge in [0.1, 0.15) is 0 Å². The first-order valence-corrected chi connectivity index (χ1v) is 6.63. The van der Waals surface area contributed by atoms with Crippen molar-refractivity contribution in [1.82, 2.24) is 10.2 Å². The summed E-state index contributed by atoms with van der Waals surface area (Å²) in [6.45, 7) is 1.51. The third-order valence-electron chi connectivity index (χ3n) is 3.57. The van der Waals surface area contributed by atoms with Gasteiger partial charge in [0.2, 0.25) is 0 Å². The van der Waals surface area contributed by atoms with Gasteiger partial charge in [-0.25, -0.2) is 0 Å². The van der Waals surface area contributed by atoms with Crippen molar-refractivity contribution in [2.75, 3.05) is 5.32 Å². The SMILES string of the molecule is CC(=O)c1ccc(NC(=O)c2n[nH]c3c2CCC3)cc1. The number of nitrogens with zero attached hydrogens (tertiary/aromatic N) is 1. The molecule has 0 saturated heterocycles. The van der Waals surface area contributed by atoms with Crippen LogP contribution in [0.5, 0.6) is 0 Å². The zero-order chi connectivity index (χ0) is 14.1. The average molecular weight is 269 g/mol. The van der Waals surface area contributed by atoms with E-state index >= 15 is 0 Å². The second kappa shape index (κ2) is 4.92.